The Bertz CT molecular complexity index is 1180. The zero-order valence-electron chi connectivity index (χ0n) is 17.2. The predicted molar refractivity (Wildman–Crippen MR) is 113 cm³/mol. The molecule has 28 heavy (non-hydrogen) atoms. The van der Waals surface area contributed by atoms with E-state index in [0.717, 1.165) is 40.6 Å². The smallest absolute Gasteiger partial charge is 0.202 e. The first kappa shape index (κ1) is 17.8. The minimum absolute atomic E-state index is 0.384. The molecule has 0 aromatic carbocycles. The standard InChI is InChI=1S/C21H26N6S/c1-6-21(3,4)13-7-8-14-16(10-13)28-20-17(14)19-23-18(25-27(19)11-22-20)15-9-12(2)26(5)24-15/h9,11,13H,6-8,10H2,1-5H3/t13-/m0/s1. The van der Waals surface area contributed by atoms with Gasteiger partial charge in [-0.25, -0.2) is 14.5 Å². The van der Waals surface area contributed by atoms with Gasteiger partial charge in [-0.3, -0.25) is 4.68 Å². The van der Waals surface area contributed by atoms with Crippen molar-refractivity contribution in [3.8, 4) is 11.5 Å². The molecule has 0 radical (unpaired) electrons. The third-order valence-corrected chi connectivity index (χ3v) is 7.91. The number of aryl methyl sites for hydroxylation is 3. The normalized spacial score (nSPS) is 17.5. The minimum atomic E-state index is 0.384. The zero-order chi connectivity index (χ0) is 19.6. The van der Waals surface area contributed by atoms with Gasteiger partial charge in [-0.1, -0.05) is 27.2 Å². The third-order valence-electron chi connectivity index (χ3n) is 6.75. The van der Waals surface area contributed by atoms with Crippen LogP contribution in [0.4, 0.5) is 0 Å². The molecule has 7 heteroatoms. The summed E-state index contributed by atoms with van der Waals surface area (Å²) < 4.78 is 3.67. The van der Waals surface area contributed by atoms with Crippen molar-refractivity contribution in [2.45, 2.75) is 53.4 Å². The van der Waals surface area contributed by atoms with E-state index in [1.807, 2.05) is 40.6 Å². The van der Waals surface area contributed by atoms with Gasteiger partial charge in [0.2, 0.25) is 5.82 Å². The Hall–Kier alpha value is -2.28. The molecule has 5 rings (SSSR count). The second-order valence-corrected chi connectivity index (χ2v) is 9.79. The molecule has 0 aliphatic heterocycles. The first-order valence-corrected chi connectivity index (χ1v) is 10.9. The lowest BCUT2D eigenvalue weighted by molar-refractivity contribution is 0.184. The number of rotatable bonds is 3. The Morgan fingerprint density at radius 1 is 1.29 bits per heavy atom. The van der Waals surface area contributed by atoms with Gasteiger partial charge in [0.05, 0.1) is 5.39 Å². The van der Waals surface area contributed by atoms with Gasteiger partial charge in [0.15, 0.2) is 5.65 Å². The van der Waals surface area contributed by atoms with Crippen LogP contribution in [0.5, 0.6) is 0 Å². The van der Waals surface area contributed by atoms with Crippen molar-refractivity contribution in [2.75, 3.05) is 0 Å². The molecule has 1 aliphatic rings. The number of thiophene rings is 1. The summed E-state index contributed by atoms with van der Waals surface area (Å²) in [5, 5.41) is 10.4. The molecule has 4 heterocycles. The van der Waals surface area contributed by atoms with E-state index in [4.69, 9.17) is 9.97 Å². The second-order valence-electron chi connectivity index (χ2n) is 8.71. The van der Waals surface area contributed by atoms with Crippen LogP contribution >= 0.6 is 11.3 Å². The maximum Gasteiger partial charge on any atom is 0.202 e. The summed E-state index contributed by atoms with van der Waals surface area (Å²) in [5.41, 5.74) is 4.64. The highest BCUT2D eigenvalue weighted by Gasteiger charge is 2.33. The summed E-state index contributed by atoms with van der Waals surface area (Å²) in [4.78, 5) is 12.2. The average molecular weight is 395 g/mol. The quantitative estimate of drug-likeness (QED) is 0.510. The van der Waals surface area contributed by atoms with E-state index < -0.39 is 0 Å². The van der Waals surface area contributed by atoms with Crippen LogP contribution in [-0.2, 0) is 19.9 Å². The summed E-state index contributed by atoms with van der Waals surface area (Å²) in [6.07, 6.45) is 6.51. The van der Waals surface area contributed by atoms with Crippen molar-refractivity contribution >= 4 is 27.2 Å². The van der Waals surface area contributed by atoms with Crippen LogP contribution in [0.15, 0.2) is 12.4 Å². The molecule has 0 N–H and O–H groups in total. The van der Waals surface area contributed by atoms with Crippen LogP contribution in [-0.4, -0.2) is 29.4 Å². The number of aromatic nitrogens is 6. The summed E-state index contributed by atoms with van der Waals surface area (Å²) in [6, 6.07) is 2.03. The third kappa shape index (κ3) is 2.59. The van der Waals surface area contributed by atoms with E-state index in [2.05, 4.69) is 31.0 Å². The fourth-order valence-corrected chi connectivity index (χ4v) is 5.57. The summed E-state index contributed by atoms with van der Waals surface area (Å²) in [7, 11) is 1.94. The monoisotopic (exact) mass is 394 g/mol. The molecule has 4 aromatic rings. The topological polar surface area (TPSA) is 60.9 Å². The van der Waals surface area contributed by atoms with Gasteiger partial charge < -0.3 is 0 Å². The predicted octanol–water partition coefficient (Wildman–Crippen LogP) is 4.59. The molecule has 0 spiro atoms. The van der Waals surface area contributed by atoms with Crippen LogP contribution in [0.25, 0.3) is 27.4 Å². The van der Waals surface area contributed by atoms with Crippen molar-refractivity contribution in [2.24, 2.45) is 18.4 Å². The summed E-state index contributed by atoms with van der Waals surface area (Å²) >= 11 is 1.84. The molecular weight excluding hydrogens is 368 g/mol. The van der Waals surface area contributed by atoms with Gasteiger partial charge in [-0.05, 0) is 49.1 Å². The van der Waals surface area contributed by atoms with E-state index in [9.17, 15) is 0 Å². The van der Waals surface area contributed by atoms with Crippen LogP contribution in [0.2, 0.25) is 0 Å². The van der Waals surface area contributed by atoms with Crippen LogP contribution in [0, 0.1) is 18.3 Å². The molecule has 0 fully saturated rings. The van der Waals surface area contributed by atoms with Crippen molar-refractivity contribution in [1.82, 2.24) is 29.4 Å². The highest BCUT2D eigenvalue weighted by atomic mass is 32.1. The largest absolute Gasteiger partial charge is 0.272 e. The van der Waals surface area contributed by atoms with E-state index in [1.54, 1.807) is 6.33 Å². The first-order chi connectivity index (χ1) is 13.4. The second kappa shape index (κ2) is 6.11. The van der Waals surface area contributed by atoms with Crippen LogP contribution in [0.1, 0.15) is 49.7 Å². The molecular formula is C21H26N6S. The fourth-order valence-electron chi connectivity index (χ4n) is 4.31. The van der Waals surface area contributed by atoms with E-state index in [-0.39, 0.29) is 0 Å². The number of hydrogen-bond donors (Lipinski definition) is 0. The van der Waals surface area contributed by atoms with Gasteiger partial charge in [-0.15, -0.1) is 16.4 Å². The van der Waals surface area contributed by atoms with Gasteiger partial charge in [0.25, 0.3) is 0 Å². The van der Waals surface area contributed by atoms with Crippen LogP contribution in [0.3, 0.4) is 0 Å². The Kier molecular flexibility index (Phi) is 3.88. The molecule has 0 saturated carbocycles. The Balaban J connectivity index is 1.63. The Morgan fingerprint density at radius 3 is 2.82 bits per heavy atom. The fraction of sp³-hybridized carbons (Fsp3) is 0.524. The van der Waals surface area contributed by atoms with Gasteiger partial charge in [0.1, 0.15) is 16.9 Å². The van der Waals surface area contributed by atoms with E-state index in [0.29, 0.717) is 11.2 Å². The highest BCUT2D eigenvalue weighted by molar-refractivity contribution is 7.19. The Labute approximate surface area is 168 Å². The molecule has 4 aromatic heterocycles. The summed E-state index contributed by atoms with van der Waals surface area (Å²) in [6.45, 7) is 9.16. The van der Waals surface area contributed by atoms with Gasteiger partial charge >= 0.3 is 0 Å². The maximum absolute atomic E-state index is 4.87. The molecule has 1 aliphatic carbocycles. The lowest BCUT2D eigenvalue weighted by Gasteiger charge is -2.36. The van der Waals surface area contributed by atoms with Crippen molar-refractivity contribution in [3.05, 3.63) is 28.5 Å². The highest BCUT2D eigenvalue weighted by Crippen LogP contribution is 2.45. The molecule has 6 nitrogen and oxygen atoms in total. The molecule has 0 saturated heterocycles. The first-order valence-electron chi connectivity index (χ1n) is 10.0. The molecule has 0 bridgehead atoms. The van der Waals surface area contributed by atoms with Crippen molar-refractivity contribution in [3.63, 3.8) is 0 Å². The van der Waals surface area contributed by atoms with Crippen LogP contribution < -0.4 is 0 Å². The Morgan fingerprint density at radius 2 is 2.11 bits per heavy atom. The average Bonchev–Trinajstić information content (AvgIpc) is 3.35. The summed E-state index contributed by atoms with van der Waals surface area (Å²) in [5.74, 6) is 1.40. The van der Waals surface area contributed by atoms with Gasteiger partial charge in [-0.2, -0.15) is 5.10 Å². The van der Waals surface area contributed by atoms with Gasteiger partial charge in [0, 0.05) is 17.6 Å². The zero-order valence-corrected chi connectivity index (χ0v) is 18.0. The molecule has 0 amide bonds. The number of nitrogens with zero attached hydrogens (tertiary/aromatic N) is 6. The SMILES string of the molecule is CCC(C)(C)[C@H]1CCc2c(sc3ncn4nc(-c5cc(C)n(C)n5)nc4c23)C1. The van der Waals surface area contributed by atoms with E-state index in [1.165, 1.54) is 28.7 Å². The molecule has 0 unspecified atom stereocenters. The maximum atomic E-state index is 4.87. The molecule has 146 valence electrons. The molecule has 1 atom stereocenters. The lowest BCUT2D eigenvalue weighted by atomic mass is 9.70. The lowest BCUT2D eigenvalue weighted by Crippen LogP contribution is -2.28. The van der Waals surface area contributed by atoms with E-state index >= 15 is 0 Å². The number of fused-ring (bicyclic) bond motifs is 5. The van der Waals surface area contributed by atoms with Crippen molar-refractivity contribution < 1.29 is 0 Å². The number of hydrogen-bond acceptors (Lipinski definition) is 5. The minimum Gasteiger partial charge on any atom is -0.272 e. The van der Waals surface area contributed by atoms with Crippen molar-refractivity contribution in [1.29, 1.82) is 0 Å².